The number of esters is 1. The Morgan fingerprint density at radius 1 is 1.28 bits per heavy atom. The molecule has 1 saturated carbocycles. The number of amides is 1. The van der Waals surface area contributed by atoms with Crippen LogP contribution in [0.5, 0.6) is 0 Å². The molecule has 152 valence electrons. The molecule has 1 aromatic heterocycles. The lowest BCUT2D eigenvalue weighted by Gasteiger charge is -2.22. The predicted molar refractivity (Wildman–Crippen MR) is 94.3 cm³/mol. The molecule has 3 rings (SSSR count). The number of ether oxygens (including phenoxy) is 1. The van der Waals surface area contributed by atoms with Gasteiger partial charge >= 0.3 is 12.1 Å². The largest absolute Gasteiger partial charge is 0.450 e. The third-order valence-corrected chi connectivity index (χ3v) is 4.64. The van der Waals surface area contributed by atoms with Crippen LogP contribution in [0.2, 0.25) is 0 Å². The number of nitriles is 1. The predicted octanol–water partition coefficient (Wildman–Crippen LogP) is 3.93. The lowest BCUT2D eigenvalue weighted by atomic mass is 9.98. The van der Waals surface area contributed by atoms with Crippen LogP contribution in [0.3, 0.4) is 0 Å². The average Bonchev–Trinajstić information content (AvgIpc) is 3.43. The second kappa shape index (κ2) is 7.62. The van der Waals surface area contributed by atoms with Gasteiger partial charge in [-0.3, -0.25) is 4.79 Å². The van der Waals surface area contributed by atoms with E-state index in [1.54, 1.807) is 6.92 Å². The number of carbonyl (C=O) groups is 2. The number of nitrogens with zero attached hydrogens (tertiary/aromatic N) is 1. The van der Waals surface area contributed by atoms with Gasteiger partial charge in [-0.25, -0.2) is 4.79 Å². The maximum absolute atomic E-state index is 12.8. The van der Waals surface area contributed by atoms with Gasteiger partial charge in [0.1, 0.15) is 11.3 Å². The van der Waals surface area contributed by atoms with Crippen LogP contribution < -0.4 is 5.32 Å². The van der Waals surface area contributed by atoms with E-state index in [4.69, 9.17) is 9.15 Å². The highest BCUT2D eigenvalue weighted by atomic mass is 19.4. The summed E-state index contributed by atoms with van der Waals surface area (Å²) in [5, 5.41) is 11.8. The van der Waals surface area contributed by atoms with Crippen LogP contribution in [-0.4, -0.2) is 24.0 Å². The van der Waals surface area contributed by atoms with Crippen LogP contribution in [0.1, 0.15) is 35.9 Å². The zero-order chi connectivity index (χ0) is 21.2. The quantitative estimate of drug-likeness (QED) is 0.734. The molecule has 0 saturated heterocycles. The van der Waals surface area contributed by atoms with Crippen molar-refractivity contribution in [3.8, 4) is 17.4 Å². The number of carbonyl (C=O) groups excluding carboxylic acids is 2. The molecule has 0 unspecified atom stereocenters. The molecule has 0 radical (unpaired) electrons. The molecule has 1 N–H and O–H groups in total. The number of nitrogens with one attached hydrogen (secondary N) is 1. The van der Waals surface area contributed by atoms with Gasteiger partial charge in [0.15, 0.2) is 6.61 Å². The molecule has 9 heteroatoms. The summed E-state index contributed by atoms with van der Waals surface area (Å²) in [4.78, 5) is 24.0. The average molecular weight is 406 g/mol. The Hall–Kier alpha value is -3.28. The summed E-state index contributed by atoms with van der Waals surface area (Å²) in [5.41, 5.74) is -1.71. The minimum absolute atomic E-state index is 0.0540. The normalized spacial score (nSPS) is 15.8. The first-order chi connectivity index (χ1) is 13.6. The van der Waals surface area contributed by atoms with E-state index >= 15 is 0 Å². The highest BCUT2D eigenvalue weighted by Gasteiger charge is 2.43. The minimum atomic E-state index is -4.50. The molecule has 1 aliphatic carbocycles. The first-order valence-corrected chi connectivity index (χ1v) is 8.79. The van der Waals surface area contributed by atoms with Gasteiger partial charge in [-0.05, 0) is 49.9 Å². The van der Waals surface area contributed by atoms with E-state index < -0.39 is 35.8 Å². The summed E-state index contributed by atoms with van der Waals surface area (Å²) in [5.74, 6) is -1.69. The van der Waals surface area contributed by atoms with Gasteiger partial charge in [-0.1, -0.05) is 12.1 Å². The van der Waals surface area contributed by atoms with Crippen molar-refractivity contribution in [1.29, 1.82) is 5.26 Å². The van der Waals surface area contributed by atoms with Crippen molar-refractivity contribution in [3.05, 3.63) is 47.7 Å². The Kier molecular flexibility index (Phi) is 5.38. The number of benzene rings is 1. The van der Waals surface area contributed by atoms with Crippen molar-refractivity contribution in [2.75, 3.05) is 6.61 Å². The number of rotatable bonds is 6. The number of halogens is 3. The molecule has 1 aliphatic rings. The molecular formula is C20H17F3N2O4. The summed E-state index contributed by atoms with van der Waals surface area (Å²) >= 11 is 0. The van der Waals surface area contributed by atoms with E-state index in [1.807, 2.05) is 0 Å². The SMILES string of the molecule is C[C@](C#N)(NC(=O)COC(=O)c1ccc(-c2cccc(C(F)(F)F)c2)o1)C1CC1. The zero-order valence-corrected chi connectivity index (χ0v) is 15.4. The Balaban J connectivity index is 1.61. The van der Waals surface area contributed by atoms with Crippen molar-refractivity contribution in [2.45, 2.75) is 31.5 Å². The Morgan fingerprint density at radius 3 is 2.62 bits per heavy atom. The van der Waals surface area contributed by atoms with Gasteiger partial charge in [0, 0.05) is 5.56 Å². The van der Waals surface area contributed by atoms with Gasteiger partial charge in [0.25, 0.3) is 5.91 Å². The highest BCUT2D eigenvalue weighted by molar-refractivity contribution is 5.89. The van der Waals surface area contributed by atoms with E-state index in [1.165, 1.54) is 24.3 Å². The number of hydrogen-bond acceptors (Lipinski definition) is 5. The lowest BCUT2D eigenvalue weighted by Crippen LogP contribution is -2.48. The molecule has 1 amide bonds. The summed E-state index contributed by atoms with van der Waals surface area (Å²) in [6.45, 7) is 1.00. The fourth-order valence-electron chi connectivity index (χ4n) is 2.86. The molecule has 0 spiro atoms. The van der Waals surface area contributed by atoms with Crippen LogP contribution in [0, 0.1) is 17.2 Å². The number of furan rings is 1. The van der Waals surface area contributed by atoms with Crippen LogP contribution in [0.25, 0.3) is 11.3 Å². The van der Waals surface area contributed by atoms with Crippen LogP contribution >= 0.6 is 0 Å². The van der Waals surface area contributed by atoms with Crippen LogP contribution in [-0.2, 0) is 15.7 Å². The summed E-state index contributed by atoms with van der Waals surface area (Å²) in [6, 6.07) is 9.12. The third kappa shape index (κ3) is 4.77. The van der Waals surface area contributed by atoms with Gasteiger partial charge < -0.3 is 14.5 Å². The monoisotopic (exact) mass is 406 g/mol. The van der Waals surface area contributed by atoms with E-state index in [0.29, 0.717) is 0 Å². The Bertz CT molecular complexity index is 973. The molecule has 2 aromatic rings. The van der Waals surface area contributed by atoms with E-state index in [-0.39, 0.29) is 23.0 Å². The molecule has 0 bridgehead atoms. The topological polar surface area (TPSA) is 92.3 Å². The molecule has 1 heterocycles. The zero-order valence-electron chi connectivity index (χ0n) is 15.4. The third-order valence-electron chi connectivity index (χ3n) is 4.64. The smallest absolute Gasteiger partial charge is 0.416 e. The lowest BCUT2D eigenvalue weighted by molar-refractivity contribution is -0.137. The first-order valence-electron chi connectivity index (χ1n) is 8.79. The fourth-order valence-corrected chi connectivity index (χ4v) is 2.86. The molecule has 29 heavy (non-hydrogen) atoms. The van der Waals surface area contributed by atoms with Crippen molar-refractivity contribution in [1.82, 2.24) is 5.32 Å². The molecule has 6 nitrogen and oxygen atoms in total. The fraction of sp³-hybridized carbons (Fsp3) is 0.350. The summed E-state index contributed by atoms with van der Waals surface area (Å²) < 4.78 is 48.6. The molecule has 1 aromatic carbocycles. The van der Waals surface area contributed by atoms with E-state index in [0.717, 1.165) is 25.0 Å². The van der Waals surface area contributed by atoms with Crippen LogP contribution in [0.15, 0.2) is 40.8 Å². The van der Waals surface area contributed by atoms with Gasteiger partial charge in [0.2, 0.25) is 5.76 Å². The minimum Gasteiger partial charge on any atom is -0.450 e. The summed E-state index contributed by atoms with van der Waals surface area (Å²) in [6.07, 6.45) is -2.82. The molecule has 0 aliphatic heterocycles. The van der Waals surface area contributed by atoms with E-state index in [9.17, 15) is 28.0 Å². The maximum Gasteiger partial charge on any atom is 0.416 e. The van der Waals surface area contributed by atoms with Crippen molar-refractivity contribution >= 4 is 11.9 Å². The van der Waals surface area contributed by atoms with E-state index in [2.05, 4.69) is 11.4 Å². The standard InChI is InChI=1S/C20H17F3N2O4/c1-19(11-24,13-5-6-13)25-17(26)10-28-18(27)16-8-7-15(29-16)12-3-2-4-14(9-12)20(21,22)23/h2-4,7-9,13H,5-6,10H2,1H3,(H,25,26)/t19-/m1/s1. The molecule has 1 atom stereocenters. The Morgan fingerprint density at radius 2 is 2.00 bits per heavy atom. The van der Waals surface area contributed by atoms with Gasteiger partial charge in [-0.2, -0.15) is 18.4 Å². The van der Waals surface area contributed by atoms with Crippen LogP contribution in [0.4, 0.5) is 13.2 Å². The van der Waals surface area contributed by atoms with Crippen molar-refractivity contribution < 1.29 is 31.9 Å². The number of alkyl halides is 3. The molecular weight excluding hydrogens is 389 g/mol. The molecule has 1 fully saturated rings. The second-order valence-electron chi connectivity index (χ2n) is 6.96. The second-order valence-corrected chi connectivity index (χ2v) is 6.96. The maximum atomic E-state index is 12.8. The van der Waals surface area contributed by atoms with Crippen molar-refractivity contribution in [3.63, 3.8) is 0 Å². The number of hydrogen-bond donors (Lipinski definition) is 1. The first kappa shape index (κ1) is 20.5. The summed E-state index contributed by atoms with van der Waals surface area (Å²) in [7, 11) is 0. The Labute approximate surface area is 164 Å². The van der Waals surface area contributed by atoms with Gasteiger partial charge in [0.05, 0.1) is 11.6 Å². The van der Waals surface area contributed by atoms with Crippen molar-refractivity contribution in [2.24, 2.45) is 5.92 Å². The highest BCUT2D eigenvalue weighted by Crippen LogP contribution is 2.39. The van der Waals surface area contributed by atoms with Gasteiger partial charge in [-0.15, -0.1) is 0 Å².